The van der Waals surface area contributed by atoms with E-state index in [2.05, 4.69) is 26.1 Å². The van der Waals surface area contributed by atoms with Crippen LogP contribution in [0.3, 0.4) is 0 Å². The van der Waals surface area contributed by atoms with Crippen molar-refractivity contribution in [2.24, 2.45) is 7.05 Å². The fourth-order valence-electron chi connectivity index (χ4n) is 2.21. The summed E-state index contributed by atoms with van der Waals surface area (Å²) < 4.78 is 41.8. The highest BCUT2D eigenvalue weighted by atomic mass is 79.9. The van der Waals surface area contributed by atoms with Gasteiger partial charge < -0.3 is 4.90 Å². The first-order valence-corrected chi connectivity index (χ1v) is 8.00. The lowest BCUT2D eigenvalue weighted by molar-refractivity contribution is -0.141. The Bertz CT molecular complexity index is 770. The topological polar surface area (TPSA) is 56.0 Å². The van der Waals surface area contributed by atoms with E-state index in [1.807, 2.05) is 6.92 Å². The second-order valence-electron chi connectivity index (χ2n) is 5.05. The van der Waals surface area contributed by atoms with Gasteiger partial charge in [-0.3, -0.25) is 14.2 Å². The zero-order chi connectivity index (χ0) is 18.2. The van der Waals surface area contributed by atoms with Crippen LogP contribution in [-0.4, -0.2) is 37.4 Å². The monoisotopic (exact) mass is 427 g/mol. The molecule has 0 aliphatic heterocycles. The number of carbonyl (C=O) groups excluding carboxylic acids is 1. The summed E-state index contributed by atoms with van der Waals surface area (Å²) >= 11 is 9.08. The van der Waals surface area contributed by atoms with E-state index in [0.29, 0.717) is 11.0 Å². The Morgan fingerprint density at radius 3 is 2.58 bits per heavy atom. The second-order valence-corrected chi connectivity index (χ2v) is 6.28. The standard InChI is InChI=1S/C13H14BrClF3N5O/c1-4-23-8(7(14)5-19-23)6-21(2)12(24)10-9(15)11(13(16,17)18)20-22(10)3/h5H,4,6H2,1-3H3. The first-order valence-electron chi connectivity index (χ1n) is 6.83. The van der Waals surface area contributed by atoms with Crippen LogP contribution in [0.5, 0.6) is 0 Å². The maximum absolute atomic E-state index is 12.9. The fraction of sp³-hybridized carbons (Fsp3) is 0.462. The van der Waals surface area contributed by atoms with Gasteiger partial charge in [0.1, 0.15) is 10.7 Å². The van der Waals surface area contributed by atoms with Crippen molar-refractivity contribution < 1.29 is 18.0 Å². The number of aromatic nitrogens is 4. The van der Waals surface area contributed by atoms with Crippen molar-refractivity contribution in [1.82, 2.24) is 24.5 Å². The Morgan fingerprint density at radius 1 is 1.46 bits per heavy atom. The van der Waals surface area contributed by atoms with Crippen molar-refractivity contribution in [3.63, 3.8) is 0 Å². The predicted molar refractivity (Wildman–Crippen MR) is 84.6 cm³/mol. The number of hydrogen-bond donors (Lipinski definition) is 0. The van der Waals surface area contributed by atoms with Gasteiger partial charge >= 0.3 is 6.18 Å². The van der Waals surface area contributed by atoms with E-state index < -0.39 is 22.8 Å². The minimum Gasteiger partial charge on any atom is -0.334 e. The van der Waals surface area contributed by atoms with Crippen LogP contribution in [0.2, 0.25) is 5.02 Å². The molecule has 2 aromatic rings. The summed E-state index contributed by atoms with van der Waals surface area (Å²) in [5.41, 5.74) is -0.865. The number of alkyl halides is 3. The second kappa shape index (κ2) is 6.75. The maximum atomic E-state index is 12.9. The molecule has 0 aliphatic rings. The summed E-state index contributed by atoms with van der Waals surface area (Å²) in [6.45, 7) is 2.63. The molecule has 0 fully saturated rings. The highest BCUT2D eigenvalue weighted by molar-refractivity contribution is 9.10. The third-order valence-corrected chi connectivity index (χ3v) is 4.41. The van der Waals surface area contributed by atoms with E-state index in [1.165, 1.54) is 19.0 Å². The SMILES string of the molecule is CCn1ncc(Br)c1CN(C)C(=O)c1c(Cl)c(C(F)(F)F)nn1C. The largest absolute Gasteiger partial charge is 0.436 e. The lowest BCUT2D eigenvalue weighted by Gasteiger charge is -2.18. The van der Waals surface area contributed by atoms with Gasteiger partial charge in [0.15, 0.2) is 5.69 Å². The average Bonchev–Trinajstić information content (AvgIpc) is 2.98. The molecule has 24 heavy (non-hydrogen) atoms. The normalized spacial score (nSPS) is 11.8. The lowest BCUT2D eigenvalue weighted by atomic mass is 10.3. The molecule has 0 spiro atoms. The molecule has 0 bridgehead atoms. The van der Waals surface area contributed by atoms with Crippen LogP contribution < -0.4 is 0 Å². The van der Waals surface area contributed by atoms with Gasteiger partial charge in [-0.05, 0) is 22.9 Å². The number of aryl methyl sites for hydroxylation is 2. The zero-order valence-electron chi connectivity index (χ0n) is 13.0. The number of hydrogen-bond acceptors (Lipinski definition) is 3. The zero-order valence-corrected chi connectivity index (χ0v) is 15.4. The van der Waals surface area contributed by atoms with Crippen LogP contribution in [0.25, 0.3) is 0 Å². The van der Waals surface area contributed by atoms with Crippen LogP contribution in [0.4, 0.5) is 13.2 Å². The van der Waals surface area contributed by atoms with Crippen molar-refractivity contribution in [3.8, 4) is 0 Å². The van der Waals surface area contributed by atoms with E-state index in [4.69, 9.17) is 11.6 Å². The van der Waals surface area contributed by atoms with Crippen molar-refractivity contribution in [1.29, 1.82) is 0 Å². The molecule has 0 aliphatic carbocycles. The van der Waals surface area contributed by atoms with Gasteiger partial charge in [0, 0.05) is 20.6 Å². The Labute approximate surface area is 149 Å². The summed E-state index contributed by atoms with van der Waals surface area (Å²) in [5, 5.41) is 6.75. The van der Waals surface area contributed by atoms with E-state index in [-0.39, 0.29) is 12.2 Å². The summed E-state index contributed by atoms with van der Waals surface area (Å²) in [7, 11) is 2.72. The molecule has 0 radical (unpaired) electrons. The Kier molecular flexibility index (Phi) is 5.28. The molecule has 0 saturated carbocycles. The lowest BCUT2D eigenvalue weighted by Crippen LogP contribution is -2.29. The van der Waals surface area contributed by atoms with E-state index in [9.17, 15) is 18.0 Å². The van der Waals surface area contributed by atoms with Crippen LogP contribution in [0.15, 0.2) is 10.7 Å². The first kappa shape index (κ1) is 18.8. The Balaban J connectivity index is 2.32. The molecule has 2 rings (SSSR count). The van der Waals surface area contributed by atoms with Gasteiger partial charge in [0.05, 0.1) is 22.9 Å². The molecule has 6 nitrogen and oxygen atoms in total. The third-order valence-electron chi connectivity index (χ3n) is 3.39. The molecule has 1 amide bonds. The number of amides is 1. The molecule has 0 N–H and O–H groups in total. The summed E-state index contributed by atoms with van der Waals surface area (Å²) in [4.78, 5) is 13.8. The molecule has 2 heterocycles. The van der Waals surface area contributed by atoms with Crippen LogP contribution in [-0.2, 0) is 26.3 Å². The van der Waals surface area contributed by atoms with E-state index in [1.54, 1.807) is 10.9 Å². The number of carbonyl (C=O) groups is 1. The molecule has 132 valence electrons. The Morgan fingerprint density at radius 2 is 2.08 bits per heavy atom. The van der Waals surface area contributed by atoms with Crippen LogP contribution >= 0.6 is 27.5 Å². The first-order chi connectivity index (χ1) is 11.1. The van der Waals surface area contributed by atoms with Crippen molar-refractivity contribution in [2.45, 2.75) is 26.2 Å². The molecule has 0 unspecified atom stereocenters. The third kappa shape index (κ3) is 3.44. The quantitative estimate of drug-likeness (QED) is 0.750. The van der Waals surface area contributed by atoms with Gasteiger partial charge in [-0.25, -0.2) is 0 Å². The van der Waals surface area contributed by atoms with Gasteiger partial charge in [0.2, 0.25) is 0 Å². The van der Waals surface area contributed by atoms with Gasteiger partial charge in [0.25, 0.3) is 5.91 Å². The fourth-order valence-corrected chi connectivity index (χ4v) is 2.98. The number of rotatable bonds is 4. The molecular weight excluding hydrogens is 415 g/mol. The highest BCUT2D eigenvalue weighted by Crippen LogP contribution is 2.35. The van der Waals surface area contributed by atoms with Gasteiger partial charge in [-0.2, -0.15) is 23.4 Å². The van der Waals surface area contributed by atoms with E-state index >= 15 is 0 Å². The molecule has 0 aromatic carbocycles. The number of nitrogens with zero attached hydrogens (tertiary/aromatic N) is 5. The van der Waals surface area contributed by atoms with Crippen molar-refractivity contribution >= 4 is 33.4 Å². The van der Waals surface area contributed by atoms with Gasteiger partial charge in [-0.1, -0.05) is 11.6 Å². The summed E-state index contributed by atoms with van der Waals surface area (Å²) in [6.07, 6.45) is -3.13. The average molecular weight is 429 g/mol. The molecule has 2 aromatic heterocycles. The van der Waals surface area contributed by atoms with E-state index in [0.717, 1.165) is 10.4 Å². The summed E-state index contributed by atoms with van der Waals surface area (Å²) in [6, 6.07) is 0. The van der Waals surface area contributed by atoms with Gasteiger partial charge in [-0.15, -0.1) is 0 Å². The molecular formula is C13H14BrClF3N5O. The smallest absolute Gasteiger partial charge is 0.334 e. The van der Waals surface area contributed by atoms with Crippen LogP contribution in [0.1, 0.15) is 28.8 Å². The number of halogens is 5. The molecule has 0 saturated heterocycles. The maximum Gasteiger partial charge on any atom is 0.436 e. The minimum atomic E-state index is -4.73. The molecule has 0 atom stereocenters. The van der Waals surface area contributed by atoms with Crippen molar-refractivity contribution in [2.75, 3.05) is 7.05 Å². The predicted octanol–water partition coefficient (Wildman–Crippen LogP) is 3.34. The van der Waals surface area contributed by atoms with Crippen molar-refractivity contribution in [3.05, 3.63) is 32.8 Å². The molecule has 11 heteroatoms. The summed E-state index contributed by atoms with van der Waals surface area (Å²) in [5.74, 6) is -0.666. The highest BCUT2D eigenvalue weighted by Gasteiger charge is 2.40. The Hall–Kier alpha value is -1.55. The van der Waals surface area contributed by atoms with Crippen LogP contribution in [0, 0.1) is 0 Å². The minimum absolute atomic E-state index is 0.149.